The van der Waals surface area contributed by atoms with E-state index in [1.165, 1.54) is 0 Å². The van der Waals surface area contributed by atoms with Gasteiger partial charge in [-0.15, -0.1) is 0 Å². The first kappa shape index (κ1) is 12.7. The fourth-order valence-corrected chi connectivity index (χ4v) is 0.953. The molecule has 0 aliphatic rings. The van der Waals surface area contributed by atoms with Crippen molar-refractivity contribution in [1.82, 2.24) is 5.32 Å². The summed E-state index contributed by atoms with van der Waals surface area (Å²) in [5.74, 6) is 0. The number of nitrogens with one attached hydrogen (secondary N) is 1. The van der Waals surface area contributed by atoms with Crippen molar-refractivity contribution in [2.75, 3.05) is 13.1 Å². The van der Waals surface area contributed by atoms with E-state index in [4.69, 9.17) is 5.73 Å². The van der Waals surface area contributed by atoms with Crippen LogP contribution in [0.25, 0.3) is 0 Å². The Bertz CT molecular complexity index is 141. The van der Waals surface area contributed by atoms with Gasteiger partial charge in [-0.25, -0.2) is 0 Å². The van der Waals surface area contributed by atoms with Crippen LogP contribution in [0.2, 0.25) is 0 Å². The zero-order valence-corrected chi connectivity index (χ0v) is 8.04. The van der Waals surface area contributed by atoms with Crippen LogP contribution in [0.1, 0.15) is 26.7 Å². The zero-order chi connectivity index (χ0) is 10.5. The molecule has 0 aromatic heterocycles. The van der Waals surface area contributed by atoms with Gasteiger partial charge in [0, 0.05) is 12.1 Å². The van der Waals surface area contributed by atoms with Crippen molar-refractivity contribution in [1.29, 1.82) is 0 Å². The van der Waals surface area contributed by atoms with Gasteiger partial charge in [-0.3, -0.25) is 0 Å². The summed E-state index contributed by atoms with van der Waals surface area (Å²) in [5, 5.41) is 2.32. The summed E-state index contributed by atoms with van der Waals surface area (Å²) in [5.41, 5.74) is 5.29. The van der Waals surface area contributed by atoms with Crippen molar-refractivity contribution in [3.8, 4) is 0 Å². The lowest BCUT2D eigenvalue weighted by atomic mass is 9.94. The maximum absolute atomic E-state index is 11.7. The van der Waals surface area contributed by atoms with Crippen LogP contribution >= 0.6 is 0 Å². The maximum atomic E-state index is 11.7. The van der Waals surface area contributed by atoms with Crippen molar-refractivity contribution in [3.05, 3.63) is 0 Å². The highest BCUT2D eigenvalue weighted by Crippen LogP contribution is 2.14. The molecule has 0 unspecified atom stereocenters. The van der Waals surface area contributed by atoms with Gasteiger partial charge in [-0.1, -0.05) is 13.8 Å². The molecule has 0 aromatic rings. The number of nitrogens with two attached hydrogens (primary N) is 1. The van der Waals surface area contributed by atoms with Crippen molar-refractivity contribution in [2.45, 2.75) is 38.4 Å². The Balaban J connectivity index is 3.74. The molecular formula is C8H17F3N2. The lowest BCUT2D eigenvalue weighted by molar-refractivity contribution is -0.125. The second-order valence-corrected chi connectivity index (χ2v) is 3.29. The van der Waals surface area contributed by atoms with Gasteiger partial charge in [0.1, 0.15) is 0 Å². The van der Waals surface area contributed by atoms with E-state index in [0.29, 0.717) is 12.8 Å². The zero-order valence-electron chi connectivity index (χ0n) is 8.04. The normalized spacial score (nSPS) is 13.4. The van der Waals surface area contributed by atoms with Gasteiger partial charge in [0.25, 0.3) is 0 Å². The van der Waals surface area contributed by atoms with Crippen molar-refractivity contribution < 1.29 is 13.2 Å². The van der Waals surface area contributed by atoms with E-state index in [9.17, 15) is 13.2 Å². The molecule has 0 aromatic carbocycles. The fraction of sp³-hybridized carbons (Fsp3) is 1.00. The number of alkyl halides is 3. The van der Waals surface area contributed by atoms with E-state index in [1.807, 2.05) is 13.8 Å². The first-order valence-electron chi connectivity index (χ1n) is 4.39. The second-order valence-electron chi connectivity index (χ2n) is 3.29. The molecule has 5 heteroatoms. The monoisotopic (exact) mass is 198 g/mol. The molecule has 0 aliphatic heterocycles. The Morgan fingerprint density at radius 2 is 1.54 bits per heavy atom. The minimum absolute atomic E-state index is 0.208. The molecule has 0 fully saturated rings. The first-order valence-corrected chi connectivity index (χ1v) is 4.39. The summed E-state index contributed by atoms with van der Waals surface area (Å²) in [6, 6.07) is 0. The first-order chi connectivity index (χ1) is 5.83. The largest absolute Gasteiger partial charge is 0.401 e. The predicted molar refractivity (Wildman–Crippen MR) is 46.4 cm³/mol. The van der Waals surface area contributed by atoms with E-state index >= 15 is 0 Å². The Hall–Kier alpha value is -0.290. The van der Waals surface area contributed by atoms with Gasteiger partial charge in [0.15, 0.2) is 0 Å². The Morgan fingerprint density at radius 1 is 1.08 bits per heavy atom. The third-order valence-corrected chi connectivity index (χ3v) is 2.21. The standard InChI is InChI=1S/C8H17F3N2/c1-3-7(12,4-2)5-13-6-8(9,10)11/h13H,3-6,12H2,1-2H3. The predicted octanol–water partition coefficient (Wildman–Crippen LogP) is 1.66. The van der Waals surface area contributed by atoms with Gasteiger partial charge < -0.3 is 11.1 Å². The lowest BCUT2D eigenvalue weighted by Gasteiger charge is -2.27. The summed E-state index contributed by atoms with van der Waals surface area (Å²) in [7, 11) is 0. The van der Waals surface area contributed by atoms with E-state index < -0.39 is 18.3 Å². The summed E-state index contributed by atoms with van der Waals surface area (Å²) in [6.45, 7) is 2.99. The molecule has 0 saturated heterocycles. The topological polar surface area (TPSA) is 38.0 Å². The third kappa shape index (κ3) is 5.87. The van der Waals surface area contributed by atoms with Crippen molar-refractivity contribution >= 4 is 0 Å². The molecule has 0 radical (unpaired) electrons. The highest BCUT2D eigenvalue weighted by Gasteiger charge is 2.28. The minimum atomic E-state index is -4.15. The molecule has 0 amide bonds. The van der Waals surface area contributed by atoms with Crippen LogP contribution < -0.4 is 11.1 Å². The molecule has 0 rings (SSSR count). The van der Waals surface area contributed by atoms with Gasteiger partial charge in [-0.2, -0.15) is 13.2 Å². The van der Waals surface area contributed by atoms with Crippen molar-refractivity contribution in [3.63, 3.8) is 0 Å². The van der Waals surface area contributed by atoms with Crippen LogP contribution in [0.4, 0.5) is 13.2 Å². The summed E-state index contributed by atoms with van der Waals surface area (Å²) < 4.78 is 35.2. The molecule has 80 valence electrons. The second kappa shape index (κ2) is 4.81. The average Bonchev–Trinajstić information content (AvgIpc) is 2.02. The fourth-order valence-electron chi connectivity index (χ4n) is 0.953. The molecule has 3 N–H and O–H groups in total. The van der Waals surface area contributed by atoms with Crippen LogP contribution in [-0.4, -0.2) is 24.8 Å². The van der Waals surface area contributed by atoms with E-state index in [-0.39, 0.29) is 6.54 Å². The van der Waals surface area contributed by atoms with Crippen LogP contribution in [0, 0.1) is 0 Å². The van der Waals surface area contributed by atoms with E-state index in [2.05, 4.69) is 5.32 Å². The molecule has 0 heterocycles. The Morgan fingerprint density at radius 3 is 1.85 bits per heavy atom. The SMILES string of the molecule is CCC(N)(CC)CNCC(F)(F)F. The van der Waals surface area contributed by atoms with Gasteiger partial charge in [0.05, 0.1) is 6.54 Å². The molecule has 0 spiro atoms. The molecule has 2 nitrogen and oxygen atoms in total. The maximum Gasteiger partial charge on any atom is 0.401 e. The molecule has 0 aliphatic carbocycles. The van der Waals surface area contributed by atoms with Crippen LogP contribution in [0.5, 0.6) is 0 Å². The summed E-state index contributed by atoms with van der Waals surface area (Å²) >= 11 is 0. The molecule has 0 atom stereocenters. The number of rotatable bonds is 5. The third-order valence-electron chi connectivity index (χ3n) is 2.21. The van der Waals surface area contributed by atoms with E-state index in [0.717, 1.165) is 0 Å². The highest BCUT2D eigenvalue weighted by atomic mass is 19.4. The van der Waals surface area contributed by atoms with Crippen LogP contribution in [-0.2, 0) is 0 Å². The molecule has 0 bridgehead atoms. The number of halogens is 3. The highest BCUT2D eigenvalue weighted by molar-refractivity contribution is 4.83. The summed E-state index contributed by atoms with van der Waals surface area (Å²) in [4.78, 5) is 0. The quantitative estimate of drug-likeness (QED) is 0.705. The van der Waals surface area contributed by atoms with Crippen LogP contribution in [0.15, 0.2) is 0 Å². The summed E-state index contributed by atoms with van der Waals surface area (Å²) in [6.07, 6.45) is -2.80. The molecular weight excluding hydrogens is 181 g/mol. The Labute approximate surface area is 76.7 Å². The molecule has 13 heavy (non-hydrogen) atoms. The average molecular weight is 198 g/mol. The molecule has 0 saturated carbocycles. The number of hydrogen-bond acceptors (Lipinski definition) is 2. The van der Waals surface area contributed by atoms with Gasteiger partial charge >= 0.3 is 6.18 Å². The van der Waals surface area contributed by atoms with Gasteiger partial charge in [0.2, 0.25) is 0 Å². The Kier molecular flexibility index (Phi) is 4.70. The van der Waals surface area contributed by atoms with E-state index in [1.54, 1.807) is 0 Å². The van der Waals surface area contributed by atoms with Crippen LogP contribution in [0.3, 0.4) is 0 Å². The van der Waals surface area contributed by atoms with Crippen molar-refractivity contribution in [2.24, 2.45) is 5.73 Å². The smallest absolute Gasteiger partial charge is 0.324 e. The lowest BCUT2D eigenvalue weighted by Crippen LogP contribution is -2.49. The van der Waals surface area contributed by atoms with Gasteiger partial charge in [-0.05, 0) is 12.8 Å². The minimum Gasteiger partial charge on any atom is -0.324 e. The number of hydrogen-bond donors (Lipinski definition) is 2.